The Morgan fingerprint density at radius 3 is 2.81 bits per heavy atom. The van der Waals surface area contributed by atoms with Crippen molar-refractivity contribution < 1.29 is 19.7 Å². The van der Waals surface area contributed by atoms with E-state index in [-0.39, 0.29) is 35.6 Å². The highest BCUT2D eigenvalue weighted by Gasteiger charge is 2.36. The van der Waals surface area contributed by atoms with Crippen molar-refractivity contribution in [2.75, 3.05) is 34.3 Å². The van der Waals surface area contributed by atoms with Gasteiger partial charge in [0.05, 0.1) is 18.8 Å². The second kappa shape index (κ2) is 6.32. The number of nitrogens with zero attached hydrogens (tertiary/aromatic N) is 2. The molecule has 116 valence electrons. The average Bonchev–Trinajstić information content (AvgIpc) is 2.78. The summed E-state index contributed by atoms with van der Waals surface area (Å²) in [5.74, 6) is -0.172. The fourth-order valence-corrected chi connectivity index (χ4v) is 2.75. The van der Waals surface area contributed by atoms with Crippen LogP contribution < -0.4 is 4.74 Å². The first-order valence-corrected chi connectivity index (χ1v) is 6.93. The molecule has 2 atom stereocenters. The molecule has 2 rings (SSSR count). The summed E-state index contributed by atoms with van der Waals surface area (Å²) in [7, 11) is 5.30. The summed E-state index contributed by atoms with van der Waals surface area (Å²) in [6.07, 6.45) is 0.0286. The Kier molecular flexibility index (Phi) is 4.69. The van der Waals surface area contributed by atoms with E-state index in [2.05, 4.69) is 0 Å². The van der Waals surface area contributed by atoms with E-state index in [0.717, 1.165) is 0 Å². The summed E-state index contributed by atoms with van der Waals surface area (Å²) in [4.78, 5) is 16.3. The Morgan fingerprint density at radius 2 is 2.19 bits per heavy atom. The number of aliphatic hydroxyl groups is 1. The molecule has 0 radical (unpaired) electrons. The summed E-state index contributed by atoms with van der Waals surface area (Å²) in [5, 5.41) is 20.0. The molecule has 1 fully saturated rings. The molecule has 1 heterocycles. The highest BCUT2D eigenvalue weighted by atomic mass is 16.5. The minimum atomic E-state index is -0.522. The van der Waals surface area contributed by atoms with E-state index in [1.54, 1.807) is 23.1 Å². The van der Waals surface area contributed by atoms with Crippen molar-refractivity contribution in [3.05, 3.63) is 23.8 Å². The van der Waals surface area contributed by atoms with Crippen molar-refractivity contribution in [1.82, 2.24) is 9.80 Å². The number of aromatic hydroxyl groups is 1. The number of amides is 1. The number of benzene rings is 1. The predicted molar refractivity (Wildman–Crippen MR) is 78.7 cm³/mol. The highest BCUT2D eigenvalue weighted by molar-refractivity contribution is 5.98. The van der Waals surface area contributed by atoms with Gasteiger partial charge in [0, 0.05) is 19.1 Å². The number of para-hydroxylation sites is 1. The van der Waals surface area contributed by atoms with E-state index in [1.807, 2.05) is 19.0 Å². The summed E-state index contributed by atoms with van der Waals surface area (Å²) in [6.45, 7) is 0.960. The second-order valence-corrected chi connectivity index (χ2v) is 5.62. The van der Waals surface area contributed by atoms with Crippen molar-refractivity contribution >= 4 is 5.91 Å². The third kappa shape index (κ3) is 3.28. The van der Waals surface area contributed by atoms with Gasteiger partial charge in [-0.05, 0) is 32.6 Å². The average molecular weight is 294 g/mol. The molecule has 0 aromatic heterocycles. The van der Waals surface area contributed by atoms with Crippen molar-refractivity contribution in [3.63, 3.8) is 0 Å². The maximum absolute atomic E-state index is 12.7. The van der Waals surface area contributed by atoms with Crippen LogP contribution in [0.1, 0.15) is 16.8 Å². The largest absolute Gasteiger partial charge is 0.504 e. The van der Waals surface area contributed by atoms with E-state index in [1.165, 1.54) is 7.11 Å². The van der Waals surface area contributed by atoms with Gasteiger partial charge in [-0.25, -0.2) is 0 Å². The lowest BCUT2D eigenvalue weighted by Crippen LogP contribution is -2.41. The van der Waals surface area contributed by atoms with E-state index >= 15 is 0 Å². The number of likely N-dealkylation sites (tertiary alicyclic amines) is 1. The van der Waals surface area contributed by atoms with Crippen LogP contribution in [0.3, 0.4) is 0 Å². The van der Waals surface area contributed by atoms with Crippen LogP contribution in [-0.2, 0) is 0 Å². The molecule has 1 aliphatic rings. The van der Waals surface area contributed by atoms with Gasteiger partial charge in [-0.15, -0.1) is 0 Å². The number of phenols is 1. The molecule has 0 spiro atoms. The number of carbonyl (C=O) groups is 1. The van der Waals surface area contributed by atoms with Gasteiger partial charge < -0.3 is 24.7 Å². The normalized spacial score (nSPS) is 21.9. The Hall–Kier alpha value is -1.79. The minimum Gasteiger partial charge on any atom is -0.504 e. The van der Waals surface area contributed by atoms with Gasteiger partial charge in [0.15, 0.2) is 11.5 Å². The molecular formula is C15H22N2O4. The van der Waals surface area contributed by atoms with E-state index in [0.29, 0.717) is 13.0 Å². The van der Waals surface area contributed by atoms with E-state index < -0.39 is 6.10 Å². The lowest BCUT2D eigenvalue weighted by atomic mass is 10.1. The van der Waals surface area contributed by atoms with E-state index in [9.17, 15) is 15.0 Å². The lowest BCUT2D eigenvalue weighted by molar-refractivity contribution is 0.0695. The predicted octanol–water partition coefficient (Wildman–Crippen LogP) is 0.538. The lowest BCUT2D eigenvalue weighted by Gasteiger charge is -2.27. The Labute approximate surface area is 124 Å². The summed E-state index contributed by atoms with van der Waals surface area (Å²) in [6, 6.07) is 4.77. The van der Waals surface area contributed by atoms with Gasteiger partial charge in [-0.1, -0.05) is 6.07 Å². The number of hydrogen-bond acceptors (Lipinski definition) is 5. The SMILES string of the molecule is COc1cccc(C(=O)N2CC(O)CC2CN(C)C)c1O. The first-order valence-electron chi connectivity index (χ1n) is 6.93. The van der Waals surface area contributed by atoms with Gasteiger partial charge in [-0.3, -0.25) is 4.79 Å². The molecule has 21 heavy (non-hydrogen) atoms. The fraction of sp³-hybridized carbons (Fsp3) is 0.533. The zero-order valence-corrected chi connectivity index (χ0v) is 12.6. The van der Waals surface area contributed by atoms with Crippen molar-refractivity contribution in [1.29, 1.82) is 0 Å². The van der Waals surface area contributed by atoms with Crippen molar-refractivity contribution in [2.24, 2.45) is 0 Å². The third-order valence-corrected chi connectivity index (χ3v) is 3.68. The maximum Gasteiger partial charge on any atom is 0.258 e. The maximum atomic E-state index is 12.7. The number of β-amino-alcohol motifs (C(OH)–C–C–N with tert-alkyl or cyclic N) is 1. The van der Waals surface area contributed by atoms with Crippen LogP contribution in [0.2, 0.25) is 0 Å². The quantitative estimate of drug-likeness (QED) is 0.848. The first-order chi connectivity index (χ1) is 9.93. The van der Waals surface area contributed by atoms with Gasteiger partial charge in [0.1, 0.15) is 0 Å². The van der Waals surface area contributed by atoms with Gasteiger partial charge in [0.25, 0.3) is 5.91 Å². The van der Waals surface area contributed by atoms with Crippen LogP contribution in [0.15, 0.2) is 18.2 Å². The standard InChI is InChI=1S/C15H22N2O4/c1-16(2)8-10-7-11(18)9-17(10)15(20)12-5-4-6-13(21-3)14(12)19/h4-6,10-11,18-19H,7-9H2,1-3H3. The molecule has 2 unspecified atom stereocenters. The number of aliphatic hydroxyl groups excluding tert-OH is 1. The molecule has 6 nitrogen and oxygen atoms in total. The Bertz CT molecular complexity index is 518. The molecule has 6 heteroatoms. The summed E-state index contributed by atoms with van der Waals surface area (Å²) >= 11 is 0. The van der Waals surface area contributed by atoms with Crippen molar-refractivity contribution in [3.8, 4) is 11.5 Å². The number of hydrogen-bond donors (Lipinski definition) is 2. The van der Waals surface area contributed by atoms with Gasteiger partial charge in [-0.2, -0.15) is 0 Å². The monoisotopic (exact) mass is 294 g/mol. The molecule has 2 N–H and O–H groups in total. The zero-order chi connectivity index (χ0) is 15.6. The number of ether oxygens (including phenoxy) is 1. The molecule has 1 aromatic rings. The molecule has 1 aliphatic heterocycles. The number of carbonyl (C=O) groups excluding carboxylic acids is 1. The minimum absolute atomic E-state index is 0.0619. The van der Waals surface area contributed by atoms with Gasteiger partial charge in [0.2, 0.25) is 0 Å². The van der Waals surface area contributed by atoms with Crippen LogP contribution in [0, 0.1) is 0 Å². The molecule has 0 aliphatic carbocycles. The number of likely N-dealkylation sites (N-methyl/N-ethyl adjacent to an activating group) is 1. The molecular weight excluding hydrogens is 272 g/mol. The van der Waals surface area contributed by atoms with Crippen LogP contribution in [0.4, 0.5) is 0 Å². The van der Waals surface area contributed by atoms with Crippen molar-refractivity contribution in [2.45, 2.75) is 18.6 Å². The van der Waals surface area contributed by atoms with Crippen LogP contribution in [0.25, 0.3) is 0 Å². The molecule has 1 amide bonds. The van der Waals surface area contributed by atoms with Crippen LogP contribution in [0.5, 0.6) is 11.5 Å². The highest BCUT2D eigenvalue weighted by Crippen LogP contribution is 2.32. The van der Waals surface area contributed by atoms with Crippen LogP contribution >= 0.6 is 0 Å². The molecule has 1 saturated heterocycles. The fourth-order valence-electron chi connectivity index (χ4n) is 2.75. The topological polar surface area (TPSA) is 73.2 Å². The Morgan fingerprint density at radius 1 is 1.48 bits per heavy atom. The number of methoxy groups -OCH3 is 1. The zero-order valence-electron chi connectivity index (χ0n) is 12.6. The summed E-state index contributed by atoms with van der Waals surface area (Å²) < 4.78 is 5.03. The van der Waals surface area contributed by atoms with Crippen LogP contribution in [-0.4, -0.2) is 72.4 Å². The number of rotatable bonds is 4. The molecule has 1 aromatic carbocycles. The first kappa shape index (κ1) is 15.6. The molecule has 0 saturated carbocycles. The Balaban J connectivity index is 2.26. The smallest absolute Gasteiger partial charge is 0.258 e. The van der Waals surface area contributed by atoms with Gasteiger partial charge >= 0.3 is 0 Å². The van der Waals surface area contributed by atoms with E-state index in [4.69, 9.17) is 4.74 Å². The third-order valence-electron chi connectivity index (χ3n) is 3.68. The second-order valence-electron chi connectivity index (χ2n) is 5.62. The summed E-state index contributed by atoms with van der Waals surface area (Å²) in [5.41, 5.74) is 0.201. The number of phenolic OH excluding ortho intramolecular Hbond substituents is 1. The molecule has 0 bridgehead atoms.